The van der Waals surface area contributed by atoms with Gasteiger partial charge in [-0.15, -0.1) is 0 Å². The molecule has 0 saturated heterocycles. The molecule has 1 aromatic carbocycles. The number of rotatable bonds is 5. The van der Waals surface area contributed by atoms with Crippen molar-refractivity contribution >= 4 is 17.8 Å². The molecule has 1 rings (SSSR count). The van der Waals surface area contributed by atoms with Crippen molar-refractivity contribution in [3.05, 3.63) is 48.0 Å². The van der Waals surface area contributed by atoms with Gasteiger partial charge in [0.2, 0.25) is 0 Å². The molecule has 0 amide bonds. The van der Waals surface area contributed by atoms with Gasteiger partial charge in [0.15, 0.2) is 0 Å². The van der Waals surface area contributed by atoms with E-state index >= 15 is 0 Å². The summed E-state index contributed by atoms with van der Waals surface area (Å²) in [5.41, 5.74) is 1.60. The second kappa shape index (κ2) is 5.16. The van der Waals surface area contributed by atoms with Gasteiger partial charge in [-0.25, -0.2) is 0 Å². The van der Waals surface area contributed by atoms with Gasteiger partial charge in [-0.1, -0.05) is 13.2 Å². The van der Waals surface area contributed by atoms with Crippen molar-refractivity contribution in [2.24, 2.45) is 0 Å². The van der Waals surface area contributed by atoms with Crippen LogP contribution in [0, 0.1) is 0 Å². The summed E-state index contributed by atoms with van der Waals surface area (Å²) in [4.78, 5) is 10.7. The average Bonchev–Trinajstić information content (AvgIpc) is 2.28. The number of aldehydes is 1. The van der Waals surface area contributed by atoms with Crippen molar-refractivity contribution in [2.45, 2.75) is 6.92 Å². The van der Waals surface area contributed by atoms with Crippen molar-refractivity contribution in [2.75, 3.05) is 6.61 Å². The Bertz CT molecular complexity index is 433. The lowest BCUT2D eigenvalue weighted by molar-refractivity contribution is 0.112. The summed E-state index contributed by atoms with van der Waals surface area (Å²) in [6.07, 6.45) is 0.704. The van der Waals surface area contributed by atoms with Gasteiger partial charge >= 0.3 is 0 Å². The highest BCUT2D eigenvalue weighted by molar-refractivity contribution is 5.80. The molecule has 3 nitrogen and oxygen atoms in total. The first-order chi connectivity index (χ1) is 7.58. The summed E-state index contributed by atoms with van der Waals surface area (Å²) in [6.45, 7) is 9.50. The van der Waals surface area contributed by atoms with Gasteiger partial charge in [0.05, 0.1) is 6.61 Å². The van der Waals surface area contributed by atoms with Crippen LogP contribution in [0.5, 0.6) is 0 Å². The SMILES string of the molecule is C=C(O)c1cc(C=O)cc(C(=C)OCC)c1. The quantitative estimate of drug-likeness (QED) is 0.610. The van der Waals surface area contributed by atoms with E-state index in [1.54, 1.807) is 18.2 Å². The Kier molecular flexibility index (Phi) is 3.89. The largest absolute Gasteiger partial charge is 0.508 e. The highest BCUT2D eigenvalue weighted by Crippen LogP contribution is 2.20. The molecule has 84 valence electrons. The molecule has 16 heavy (non-hydrogen) atoms. The Hall–Kier alpha value is -2.03. The Morgan fingerprint density at radius 3 is 2.50 bits per heavy atom. The molecule has 0 atom stereocenters. The van der Waals surface area contributed by atoms with Gasteiger partial charge in [0, 0.05) is 16.7 Å². The molecular formula is C13H14O3. The van der Waals surface area contributed by atoms with E-state index < -0.39 is 0 Å². The predicted octanol–water partition coefficient (Wildman–Crippen LogP) is 3.04. The van der Waals surface area contributed by atoms with Crippen LogP contribution < -0.4 is 0 Å². The second-order valence-corrected chi connectivity index (χ2v) is 3.26. The first kappa shape index (κ1) is 12.0. The van der Waals surface area contributed by atoms with Crippen molar-refractivity contribution in [3.63, 3.8) is 0 Å². The molecule has 0 aromatic heterocycles. The molecule has 0 fully saturated rings. The minimum atomic E-state index is -0.0887. The molecule has 0 aliphatic carbocycles. The Morgan fingerprint density at radius 1 is 1.38 bits per heavy atom. The fourth-order valence-corrected chi connectivity index (χ4v) is 1.30. The number of benzene rings is 1. The zero-order chi connectivity index (χ0) is 12.1. The summed E-state index contributed by atoms with van der Waals surface area (Å²) in [6, 6.07) is 4.88. The molecule has 0 spiro atoms. The molecule has 0 radical (unpaired) electrons. The molecular weight excluding hydrogens is 204 g/mol. The zero-order valence-corrected chi connectivity index (χ0v) is 9.19. The third-order valence-corrected chi connectivity index (χ3v) is 2.07. The van der Waals surface area contributed by atoms with Crippen molar-refractivity contribution in [1.82, 2.24) is 0 Å². The van der Waals surface area contributed by atoms with Crippen molar-refractivity contribution < 1.29 is 14.6 Å². The first-order valence-corrected chi connectivity index (χ1v) is 4.89. The Balaban J connectivity index is 3.18. The van der Waals surface area contributed by atoms with Crippen molar-refractivity contribution in [1.29, 1.82) is 0 Å². The normalized spacial score (nSPS) is 9.56. The van der Waals surface area contributed by atoms with Crippen LogP contribution in [0.2, 0.25) is 0 Å². The second-order valence-electron chi connectivity index (χ2n) is 3.26. The van der Waals surface area contributed by atoms with Gasteiger partial charge in [-0.3, -0.25) is 4.79 Å². The van der Waals surface area contributed by atoms with Gasteiger partial charge in [-0.2, -0.15) is 0 Å². The molecule has 0 saturated carbocycles. The maximum absolute atomic E-state index is 10.7. The molecule has 0 unspecified atom stereocenters. The minimum Gasteiger partial charge on any atom is -0.508 e. The average molecular weight is 218 g/mol. The van der Waals surface area contributed by atoms with E-state index in [9.17, 15) is 9.90 Å². The van der Waals surface area contributed by atoms with E-state index in [0.29, 0.717) is 35.3 Å². The van der Waals surface area contributed by atoms with Crippen LogP contribution >= 0.6 is 0 Å². The minimum absolute atomic E-state index is 0.0887. The smallest absolute Gasteiger partial charge is 0.150 e. The molecule has 0 aliphatic heterocycles. The molecule has 1 aromatic rings. The van der Waals surface area contributed by atoms with Gasteiger partial charge in [0.25, 0.3) is 0 Å². The summed E-state index contributed by atoms with van der Waals surface area (Å²) in [5, 5.41) is 9.30. The van der Waals surface area contributed by atoms with E-state index in [4.69, 9.17) is 4.74 Å². The lowest BCUT2D eigenvalue weighted by atomic mass is 10.0. The summed E-state index contributed by atoms with van der Waals surface area (Å²) < 4.78 is 5.24. The van der Waals surface area contributed by atoms with Crippen molar-refractivity contribution in [3.8, 4) is 0 Å². The predicted molar refractivity (Wildman–Crippen MR) is 64.2 cm³/mol. The topological polar surface area (TPSA) is 46.5 Å². The van der Waals surface area contributed by atoms with Gasteiger partial charge in [-0.05, 0) is 25.1 Å². The van der Waals surface area contributed by atoms with E-state index in [0.717, 1.165) is 0 Å². The number of hydrogen-bond acceptors (Lipinski definition) is 3. The van der Waals surface area contributed by atoms with E-state index in [2.05, 4.69) is 13.2 Å². The first-order valence-electron chi connectivity index (χ1n) is 4.89. The number of ether oxygens (including phenoxy) is 1. The van der Waals surface area contributed by atoms with Crippen LogP contribution in [0.15, 0.2) is 31.4 Å². The molecule has 0 aliphatic rings. The van der Waals surface area contributed by atoms with Crippen LogP contribution in [0.1, 0.15) is 28.4 Å². The lowest BCUT2D eigenvalue weighted by Crippen LogP contribution is -1.94. The Morgan fingerprint density at radius 2 is 2.00 bits per heavy atom. The maximum atomic E-state index is 10.7. The number of carbonyl (C=O) groups is 1. The number of hydrogen-bond donors (Lipinski definition) is 1. The van der Waals surface area contributed by atoms with Crippen LogP contribution in [0.4, 0.5) is 0 Å². The van der Waals surface area contributed by atoms with E-state index in [-0.39, 0.29) is 5.76 Å². The third kappa shape index (κ3) is 2.73. The highest BCUT2D eigenvalue weighted by atomic mass is 16.5. The van der Waals surface area contributed by atoms with Crippen LogP contribution in [-0.4, -0.2) is 18.0 Å². The van der Waals surface area contributed by atoms with Crippen LogP contribution in [-0.2, 0) is 4.74 Å². The van der Waals surface area contributed by atoms with Gasteiger partial charge < -0.3 is 9.84 Å². The maximum Gasteiger partial charge on any atom is 0.150 e. The Labute approximate surface area is 94.7 Å². The zero-order valence-electron chi connectivity index (χ0n) is 9.19. The van der Waals surface area contributed by atoms with E-state index in [1.807, 2.05) is 6.92 Å². The summed E-state index contributed by atoms with van der Waals surface area (Å²) >= 11 is 0. The number of carbonyl (C=O) groups excluding carboxylic acids is 1. The monoisotopic (exact) mass is 218 g/mol. The highest BCUT2D eigenvalue weighted by Gasteiger charge is 2.06. The van der Waals surface area contributed by atoms with Gasteiger partial charge in [0.1, 0.15) is 17.8 Å². The third-order valence-electron chi connectivity index (χ3n) is 2.07. The van der Waals surface area contributed by atoms with Crippen LogP contribution in [0.25, 0.3) is 11.5 Å². The summed E-state index contributed by atoms with van der Waals surface area (Å²) in [5.74, 6) is 0.378. The number of aliphatic hydroxyl groups is 1. The standard InChI is InChI=1S/C13H14O3/c1-4-16-10(3)13-6-11(8-14)5-12(7-13)9(2)15/h5-8,15H,2-4H2,1H3. The number of aliphatic hydroxyl groups excluding tert-OH is 1. The molecule has 1 N–H and O–H groups in total. The molecule has 0 bridgehead atoms. The fourth-order valence-electron chi connectivity index (χ4n) is 1.30. The van der Waals surface area contributed by atoms with E-state index in [1.165, 1.54) is 0 Å². The summed E-state index contributed by atoms with van der Waals surface area (Å²) in [7, 11) is 0. The molecule has 0 heterocycles. The van der Waals surface area contributed by atoms with Crippen LogP contribution in [0.3, 0.4) is 0 Å². The molecule has 3 heteroatoms. The lowest BCUT2D eigenvalue weighted by Gasteiger charge is -2.09. The fraction of sp³-hybridized carbons (Fsp3) is 0.154.